The number of nitrogens with zero attached hydrogens (tertiary/aromatic N) is 2. The maximum Gasteiger partial charge on any atom is 0.155 e. The van der Waals surface area contributed by atoms with Crippen LogP contribution in [0.25, 0.3) is 5.65 Å². The fourth-order valence-electron chi connectivity index (χ4n) is 1.95. The molecule has 0 spiro atoms. The van der Waals surface area contributed by atoms with Crippen molar-refractivity contribution in [3.63, 3.8) is 0 Å². The number of benzene rings is 1. The van der Waals surface area contributed by atoms with Gasteiger partial charge in [-0.15, -0.1) is 0 Å². The average Bonchev–Trinajstić information content (AvgIpc) is 2.76. The zero-order valence-corrected chi connectivity index (χ0v) is 10.2. The Labute approximate surface area is 109 Å². The van der Waals surface area contributed by atoms with Gasteiger partial charge < -0.3 is 4.40 Å². The summed E-state index contributed by atoms with van der Waals surface area (Å²) in [6.07, 6.45) is 4.21. The highest BCUT2D eigenvalue weighted by Crippen LogP contribution is 2.18. The number of rotatable bonds is 2. The second kappa shape index (κ2) is 4.42. The van der Waals surface area contributed by atoms with E-state index in [9.17, 15) is 4.39 Å². The monoisotopic (exact) mass is 260 g/mol. The van der Waals surface area contributed by atoms with E-state index in [1.54, 1.807) is 18.2 Å². The van der Waals surface area contributed by atoms with Crippen molar-refractivity contribution in [2.75, 3.05) is 0 Å². The minimum Gasteiger partial charge on any atom is -0.306 e. The third kappa shape index (κ3) is 1.97. The van der Waals surface area contributed by atoms with Gasteiger partial charge in [0.2, 0.25) is 0 Å². The molecule has 0 atom stereocenters. The van der Waals surface area contributed by atoms with Crippen molar-refractivity contribution in [2.24, 2.45) is 0 Å². The first kappa shape index (κ1) is 11.2. The Morgan fingerprint density at radius 2 is 2.00 bits per heavy atom. The molecule has 0 N–H and O–H groups in total. The molecular formula is C14H10ClFN2. The zero-order chi connectivity index (χ0) is 12.5. The number of fused-ring (bicyclic) bond motifs is 1. The normalized spacial score (nSPS) is 11.0. The third-order valence-corrected chi connectivity index (χ3v) is 3.11. The lowest BCUT2D eigenvalue weighted by atomic mass is 10.1. The van der Waals surface area contributed by atoms with Gasteiger partial charge in [-0.2, -0.15) is 0 Å². The lowest BCUT2D eigenvalue weighted by Gasteiger charge is -1.98. The van der Waals surface area contributed by atoms with Gasteiger partial charge in [-0.1, -0.05) is 29.8 Å². The van der Waals surface area contributed by atoms with E-state index < -0.39 is 0 Å². The molecule has 0 unspecified atom stereocenters. The second-order valence-corrected chi connectivity index (χ2v) is 4.49. The van der Waals surface area contributed by atoms with Gasteiger partial charge in [0.25, 0.3) is 0 Å². The summed E-state index contributed by atoms with van der Waals surface area (Å²) >= 11 is 6.05. The van der Waals surface area contributed by atoms with Crippen molar-refractivity contribution < 1.29 is 4.39 Å². The third-order valence-electron chi connectivity index (χ3n) is 2.81. The quantitative estimate of drug-likeness (QED) is 0.686. The van der Waals surface area contributed by atoms with Crippen LogP contribution < -0.4 is 0 Å². The molecule has 2 nitrogen and oxygen atoms in total. The van der Waals surface area contributed by atoms with Gasteiger partial charge in [-0.05, 0) is 23.8 Å². The van der Waals surface area contributed by atoms with Crippen LogP contribution in [-0.2, 0) is 6.42 Å². The number of aromatic nitrogens is 2. The molecular weight excluding hydrogens is 251 g/mol. The van der Waals surface area contributed by atoms with Gasteiger partial charge in [-0.25, -0.2) is 9.37 Å². The highest BCUT2D eigenvalue weighted by atomic mass is 35.5. The van der Waals surface area contributed by atoms with Gasteiger partial charge >= 0.3 is 0 Å². The maximum atomic E-state index is 13.5. The van der Waals surface area contributed by atoms with E-state index >= 15 is 0 Å². The van der Waals surface area contributed by atoms with E-state index in [1.807, 2.05) is 28.9 Å². The molecule has 1 aromatic carbocycles. The molecule has 0 aliphatic carbocycles. The van der Waals surface area contributed by atoms with Crippen LogP contribution in [0.2, 0.25) is 5.02 Å². The Kier molecular flexibility index (Phi) is 2.76. The molecule has 2 heterocycles. The second-order valence-electron chi connectivity index (χ2n) is 4.09. The number of hydrogen-bond donors (Lipinski definition) is 0. The molecule has 2 aromatic heterocycles. The van der Waals surface area contributed by atoms with Crippen molar-refractivity contribution in [1.29, 1.82) is 0 Å². The van der Waals surface area contributed by atoms with Gasteiger partial charge in [0.1, 0.15) is 5.82 Å². The number of pyridine rings is 1. The van der Waals surface area contributed by atoms with E-state index in [2.05, 4.69) is 4.98 Å². The van der Waals surface area contributed by atoms with Crippen LogP contribution in [0.5, 0.6) is 0 Å². The molecule has 4 heteroatoms. The van der Waals surface area contributed by atoms with Crippen LogP contribution in [-0.4, -0.2) is 9.38 Å². The summed E-state index contributed by atoms with van der Waals surface area (Å²) in [5, 5.41) is 0.595. The Morgan fingerprint density at radius 3 is 2.78 bits per heavy atom. The maximum absolute atomic E-state index is 13.5. The average molecular weight is 261 g/mol. The lowest BCUT2D eigenvalue weighted by molar-refractivity contribution is 0.613. The van der Waals surface area contributed by atoms with Crippen molar-refractivity contribution in [3.05, 3.63) is 70.9 Å². The minimum absolute atomic E-state index is 0.208. The van der Waals surface area contributed by atoms with Crippen LogP contribution in [0.3, 0.4) is 0 Å². The van der Waals surface area contributed by atoms with Crippen LogP contribution >= 0.6 is 11.6 Å². The summed E-state index contributed by atoms with van der Waals surface area (Å²) in [4.78, 5) is 4.41. The molecule has 0 amide bonds. The summed E-state index contributed by atoms with van der Waals surface area (Å²) in [5.74, 6) is -0.208. The molecule has 0 saturated heterocycles. The molecule has 18 heavy (non-hydrogen) atoms. The van der Waals surface area contributed by atoms with E-state index in [1.165, 1.54) is 6.07 Å². The van der Waals surface area contributed by atoms with Gasteiger partial charge in [0.05, 0.1) is 10.7 Å². The molecule has 0 fully saturated rings. The summed E-state index contributed by atoms with van der Waals surface area (Å²) in [5.41, 5.74) is 2.13. The molecule has 3 aromatic rings. The van der Waals surface area contributed by atoms with E-state index in [0.29, 0.717) is 22.7 Å². The zero-order valence-electron chi connectivity index (χ0n) is 9.48. The van der Waals surface area contributed by atoms with Crippen LogP contribution in [0, 0.1) is 5.82 Å². The molecule has 90 valence electrons. The molecule has 0 radical (unpaired) electrons. The van der Waals surface area contributed by atoms with E-state index in [4.69, 9.17) is 11.6 Å². The summed E-state index contributed by atoms with van der Waals surface area (Å²) < 4.78 is 15.4. The van der Waals surface area contributed by atoms with Gasteiger partial charge in [0.15, 0.2) is 5.65 Å². The number of halogens is 2. The molecule has 3 rings (SSSR count). The minimum atomic E-state index is -0.208. The van der Waals surface area contributed by atoms with Crippen LogP contribution in [0.15, 0.2) is 48.8 Å². The Morgan fingerprint density at radius 1 is 1.17 bits per heavy atom. The highest BCUT2D eigenvalue weighted by Gasteiger charge is 2.07. The van der Waals surface area contributed by atoms with Gasteiger partial charge in [-0.3, -0.25) is 0 Å². The van der Waals surface area contributed by atoms with Crippen molar-refractivity contribution in [2.45, 2.75) is 6.42 Å². The highest BCUT2D eigenvalue weighted by molar-refractivity contribution is 6.33. The lowest BCUT2D eigenvalue weighted by Crippen LogP contribution is -1.91. The Bertz CT molecular complexity index is 706. The predicted molar refractivity (Wildman–Crippen MR) is 69.4 cm³/mol. The fraction of sp³-hybridized carbons (Fsp3) is 0.0714. The summed E-state index contributed by atoms with van der Waals surface area (Å²) in [6, 6.07) is 10.4. The fourth-order valence-corrected chi connectivity index (χ4v) is 2.16. The first-order valence-corrected chi connectivity index (χ1v) is 5.97. The van der Waals surface area contributed by atoms with Gasteiger partial charge in [0, 0.05) is 18.8 Å². The molecule has 0 saturated carbocycles. The number of imidazole rings is 1. The van der Waals surface area contributed by atoms with Crippen molar-refractivity contribution >= 4 is 17.2 Å². The van der Waals surface area contributed by atoms with Crippen molar-refractivity contribution in [3.8, 4) is 0 Å². The standard InChI is InChI=1S/C14H10ClFN2/c15-12-5-3-7-18-9-11(17-14(12)18)8-10-4-1-2-6-13(10)16/h1-7,9H,8H2. The SMILES string of the molecule is Fc1ccccc1Cc1cn2cccc(Cl)c2n1. The number of hydrogen-bond acceptors (Lipinski definition) is 1. The van der Waals surface area contributed by atoms with Crippen molar-refractivity contribution in [1.82, 2.24) is 9.38 Å². The van der Waals surface area contributed by atoms with Crippen LogP contribution in [0.1, 0.15) is 11.3 Å². The molecule has 0 aliphatic rings. The van der Waals surface area contributed by atoms with Crippen LogP contribution in [0.4, 0.5) is 4.39 Å². The molecule has 0 aliphatic heterocycles. The summed E-state index contributed by atoms with van der Waals surface area (Å²) in [6.45, 7) is 0. The Hall–Kier alpha value is -1.87. The summed E-state index contributed by atoms with van der Waals surface area (Å²) in [7, 11) is 0. The smallest absolute Gasteiger partial charge is 0.155 e. The van der Waals surface area contributed by atoms with E-state index in [0.717, 1.165) is 5.69 Å². The first-order valence-electron chi connectivity index (χ1n) is 5.59. The largest absolute Gasteiger partial charge is 0.306 e. The Balaban J connectivity index is 2.01. The molecule has 0 bridgehead atoms. The van der Waals surface area contributed by atoms with E-state index in [-0.39, 0.29) is 5.82 Å². The predicted octanol–water partition coefficient (Wildman–Crippen LogP) is 3.72. The first-order chi connectivity index (χ1) is 8.74. The topological polar surface area (TPSA) is 17.3 Å².